The van der Waals surface area contributed by atoms with Crippen LogP contribution in [0.3, 0.4) is 0 Å². The molecule has 29 heavy (non-hydrogen) atoms. The van der Waals surface area contributed by atoms with E-state index in [9.17, 15) is 4.79 Å². The molecule has 0 spiro atoms. The first-order valence-corrected chi connectivity index (χ1v) is 10.3. The van der Waals surface area contributed by atoms with Gasteiger partial charge in [0.25, 0.3) is 5.91 Å². The lowest BCUT2D eigenvalue weighted by Crippen LogP contribution is -2.25. The van der Waals surface area contributed by atoms with Crippen LogP contribution < -0.4 is 15.5 Å². The third kappa shape index (κ3) is 6.60. The Labute approximate surface area is 184 Å². The van der Waals surface area contributed by atoms with Gasteiger partial charge < -0.3 is 10.1 Å². The monoisotopic (exact) mass is 499 g/mol. The number of rotatable bonds is 8. The molecule has 2 N–H and O–H groups in total. The van der Waals surface area contributed by atoms with E-state index in [1.807, 2.05) is 79.7 Å². The molecule has 0 fully saturated rings. The maximum atomic E-state index is 12.0. The molecule has 0 unspecified atom stereocenters. The average molecular weight is 499 g/mol. The Morgan fingerprint density at radius 3 is 2.62 bits per heavy atom. The maximum Gasteiger partial charge on any atom is 0.259 e. The zero-order valence-corrected chi connectivity index (χ0v) is 18.2. The topological polar surface area (TPSA) is 62.7 Å². The number of benzene rings is 3. The fraction of sp³-hybridized carbons (Fsp3) is 0.130. The Morgan fingerprint density at radius 2 is 1.83 bits per heavy atom. The zero-order valence-electron chi connectivity index (χ0n) is 16.1. The molecule has 3 aromatic rings. The molecule has 3 rings (SSSR count). The van der Waals surface area contributed by atoms with E-state index in [2.05, 4.69) is 38.4 Å². The van der Waals surface area contributed by atoms with Gasteiger partial charge in [-0.2, -0.15) is 5.10 Å². The van der Waals surface area contributed by atoms with Gasteiger partial charge in [-0.15, -0.1) is 0 Å². The molecule has 0 radical (unpaired) electrons. The molecule has 0 saturated heterocycles. The van der Waals surface area contributed by atoms with Crippen molar-refractivity contribution in [3.05, 3.63) is 93.1 Å². The molecule has 1 amide bonds. The molecular weight excluding hydrogens is 477 g/mol. The lowest BCUT2D eigenvalue weighted by Gasteiger charge is -2.09. The Morgan fingerprint density at radius 1 is 1.07 bits per heavy atom. The van der Waals surface area contributed by atoms with E-state index in [4.69, 9.17) is 4.74 Å². The van der Waals surface area contributed by atoms with Gasteiger partial charge in [-0.1, -0.05) is 42.5 Å². The lowest BCUT2D eigenvalue weighted by atomic mass is 10.2. The number of carbonyl (C=O) groups excluding carboxylic acids is 1. The summed E-state index contributed by atoms with van der Waals surface area (Å²) in [5.41, 5.74) is 6.50. The molecule has 0 aliphatic carbocycles. The number of nitrogens with one attached hydrogen (secondary N) is 2. The molecule has 0 atom stereocenters. The van der Waals surface area contributed by atoms with Crippen molar-refractivity contribution in [1.29, 1.82) is 0 Å². The number of halogens is 1. The van der Waals surface area contributed by atoms with E-state index >= 15 is 0 Å². The van der Waals surface area contributed by atoms with Crippen LogP contribution in [-0.4, -0.2) is 18.7 Å². The smallest absolute Gasteiger partial charge is 0.259 e. The zero-order chi connectivity index (χ0) is 20.5. The van der Waals surface area contributed by atoms with Crippen LogP contribution in [0.1, 0.15) is 16.7 Å². The number of carbonyl (C=O) groups is 1. The van der Waals surface area contributed by atoms with Crippen LogP contribution >= 0.6 is 22.6 Å². The Kier molecular flexibility index (Phi) is 7.63. The third-order valence-electron chi connectivity index (χ3n) is 4.16. The normalized spacial score (nSPS) is 10.7. The summed E-state index contributed by atoms with van der Waals surface area (Å²) in [6.07, 6.45) is 1.59. The Bertz CT molecular complexity index is 990. The number of amides is 1. The Hall–Kier alpha value is -2.87. The number of hydrogen-bond donors (Lipinski definition) is 2. The highest BCUT2D eigenvalue weighted by Crippen LogP contribution is 2.18. The quantitative estimate of drug-likeness (QED) is 0.268. The summed E-state index contributed by atoms with van der Waals surface area (Å²) in [6.45, 7) is 2.65. The van der Waals surface area contributed by atoms with Gasteiger partial charge in [-0.3, -0.25) is 4.79 Å². The second-order valence-electron chi connectivity index (χ2n) is 6.42. The lowest BCUT2D eigenvalue weighted by molar-refractivity contribution is -0.119. The molecule has 0 heterocycles. The van der Waals surface area contributed by atoms with Gasteiger partial charge in [-0.25, -0.2) is 5.43 Å². The number of aryl methyl sites for hydroxylation is 1. The summed E-state index contributed by atoms with van der Waals surface area (Å²) in [5, 5.41) is 7.15. The standard InChI is InChI=1S/C23H22IN3O2/c1-17-13-20(11-12-21(17)24)25-15-23(28)27-26-14-19-9-5-6-10-22(19)29-16-18-7-3-2-4-8-18/h2-14,25H,15-16H2,1H3,(H,27,28)/b26-14-. The third-order valence-corrected chi connectivity index (χ3v) is 5.37. The predicted octanol–water partition coefficient (Wildman–Crippen LogP) is 4.74. The minimum absolute atomic E-state index is 0.142. The Balaban J connectivity index is 1.51. The minimum Gasteiger partial charge on any atom is -0.488 e. The van der Waals surface area contributed by atoms with Crippen LogP contribution in [-0.2, 0) is 11.4 Å². The summed E-state index contributed by atoms with van der Waals surface area (Å²) in [5.74, 6) is 0.488. The summed E-state index contributed by atoms with van der Waals surface area (Å²) in [4.78, 5) is 12.0. The molecule has 0 saturated carbocycles. The largest absolute Gasteiger partial charge is 0.488 e. The van der Waals surface area contributed by atoms with Crippen molar-refractivity contribution in [1.82, 2.24) is 5.43 Å². The van der Waals surface area contributed by atoms with E-state index in [-0.39, 0.29) is 12.5 Å². The number of hydrogen-bond acceptors (Lipinski definition) is 4. The van der Waals surface area contributed by atoms with Gasteiger partial charge in [0.1, 0.15) is 12.4 Å². The first-order valence-electron chi connectivity index (χ1n) is 9.19. The van der Waals surface area contributed by atoms with Crippen molar-refractivity contribution in [2.45, 2.75) is 13.5 Å². The first kappa shape index (κ1) is 20.9. The summed E-state index contributed by atoms with van der Waals surface area (Å²) in [6, 6.07) is 23.5. The highest BCUT2D eigenvalue weighted by molar-refractivity contribution is 14.1. The molecule has 6 heteroatoms. The molecule has 148 valence electrons. The molecule has 3 aromatic carbocycles. The molecule has 0 bridgehead atoms. The van der Waals surface area contributed by atoms with Crippen molar-refractivity contribution < 1.29 is 9.53 Å². The molecule has 0 aromatic heterocycles. The number of hydrazone groups is 1. The highest BCUT2D eigenvalue weighted by atomic mass is 127. The van der Waals surface area contributed by atoms with Crippen LogP contribution in [0, 0.1) is 10.5 Å². The first-order chi connectivity index (χ1) is 14.1. The summed E-state index contributed by atoms with van der Waals surface area (Å²) >= 11 is 2.28. The predicted molar refractivity (Wildman–Crippen MR) is 125 cm³/mol. The molecule has 0 aliphatic heterocycles. The number of para-hydroxylation sites is 1. The van der Waals surface area contributed by atoms with Crippen molar-refractivity contribution in [3.63, 3.8) is 0 Å². The number of nitrogens with zero attached hydrogens (tertiary/aromatic N) is 1. The van der Waals surface area contributed by atoms with Crippen molar-refractivity contribution >= 4 is 40.4 Å². The van der Waals surface area contributed by atoms with Crippen LogP contribution in [0.25, 0.3) is 0 Å². The van der Waals surface area contributed by atoms with Crippen LogP contribution in [0.15, 0.2) is 77.9 Å². The fourth-order valence-corrected chi connectivity index (χ4v) is 2.94. The number of anilines is 1. The van der Waals surface area contributed by atoms with Crippen LogP contribution in [0.2, 0.25) is 0 Å². The molecule has 0 aliphatic rings. The number of ether oxygens (including phenoxy) is 1. The van der Waals surface area contributed by atoms with Crippen molar-refractivity contribution in [2.24, 2.45) is 5.10 Å². The van der Waals surface area contributed by atoms with Crippen LogP contribution in [0.4, 0.5) is 5.69 Å². The van der Waals surface area contributed by atoms with E-state index in [0.29, 0.717) is 12.4 Å². The van der Waals surface area contributed by atoms with E-state index < -0.39 is 0 Å². The van der Waals surface area contributed by atoms with Gasteiger partial charge in [0.15, 0.2) is 0 Å². The molecular formula is C23H22IN3O2. The minimum atomic E-state index is -0.222. The average Bonchev–Trinajstić information content (AvgIpc) is 2.74. The maximum absolute atomic E-state index is 12.0. The van der Waals surface area contributed by atoms with E-state index in [0.717, 1.165) is 16.8 Å². The van der Waals surface area contributed by atoms with Gasteiger partial charge in [0.2, 0.25) is 0 Å². The van der Waals surface area contributed by atoms with Crippen molar-refractivity contribution in [3.8, 4) is 5.75 Å². The van der Waals surface area contributed by atoms with Crippen molar-refractivity contribution in [2.75, 3.05) is 11.9 Å². The van der Waals surface area contributed by atoms with Gasteiger partial charge in [-0.05, 0) is 71.0 Å². The van der Waals surface area contributed by atoms with Crippen LogP contribution in [0.5, 0.6) is 5.75 Å². The fourth-order valence-electron chi connectivity index (χ4n) is 2.60. The summed E-state index contributed by atoms with van der Waals surface area (Å²) in [7, 11) is 0. The second kappa shape index (κ2) is 10.6. The molecule has 5 nitrogen and oxygen atoms in total. The highest BCUT2D eigenvalue weighted by Gasteiger charge is 2.03. The second-order valence-corrected chi connectivity index (χ2v) is 7.58. The van der Waals surface area contributed by atoms with E-state index in [1.165, 1.54) is 9.13 Å². The van der Waals surface area contributed by atoms with Gasteiger partial charge in [0, 0.05) is 14.8 Å². The SMILES string of the molecule is Cc1cc(NCC(=O)N/N=C\c2ccccc2OCc2ccccc2)ccc1I. The van der Waals surface area contributed by atoms with E-state index in [1.54, 1.807) is 6.21 Å². The van der Waals surface area contributed by atoms with Gasteiger partial charge in [0.05, 0.1) is 12.8 Å². The van der Waals surface area contributed by atoms with Gasteiger partial charge >= 0.3 is 0 Å². The summed E-state index contributed by atoms with van der Waals surface area (Å²) < 4.78 is 7.08.